The molecule has 0 aromatic heterocycles. The van der Waals surface area contributed by atoms with Gasteiger partial charge >= 0.3 is 0 Å². The van der Waals surface area contributed by atoms with Crippen LogP contribution in [0, 0.1) is 5.92 Å². The van der Waals surface area contributed by atoms with Crippen LogP contribution in [0.2, 0.25) is 0 Å². The number of piperidine rings is 1. The van der Waals surface area contributed by atoms with E-state index in [0.29, 0.717) is 50.5 Å². The molecule has 1 aromatic rings. The number of anilines is 1. The fraction of sp³-hybridized carbons (Fsp3) is 0.550. The summed E-state index contributed by atoms with van der Waals surface area (Å²) in [6.07, 6.45) is 1.59. The van der Waals surface area contributed by atoms with Crippen molar-refractivity contribution >= 4 is 23.4 Å². The average molecular weight is 387 g/mol. The lowest BCUT2D eigenvalue weighted by Crippen LogP contribution is -2.58. The topological polar surface area (TPSA) is 88.2 Å². The fourth-order valence-corrected chi connectivity index (χ4v) is 4.25. The van der Waals surface area contributed by atoms with E-state index >= 15 is 0 Å². The summed E-state index contributed by atoms with van der Waals surface area (Å²) in [4.78, 5) is 40.3. The van der Waals surface area contributed by atoms with E-state index in [-0.39, 0.29) is 42.3 Å². The molecule has 1 unspecified atom stereocenters. The normalized spacial score (nSPS) is 24.4. The zero-order valence-corrected chi connectivity index (χ0v) is 16.0. The Balaban J connectivity index is 1.38. The van der Waals surface area contributed by atoms with E-state index in [9.17, 15) is 14.4 Å². The van der Waals surface area contributed by atoms with Crippen molar-refractivity contribution < 1.29 is 23.9 Å². The number of methoxy groups -OCH3 is 1. The van der Waals surface area contributed by atoms with E-state index in [1.54, 1.807) is 12.0 Å². The van der Waals surface area contributed by atoms with E-state index in [0.717, 1.165) is 0 Å². The lowest BCUT2D eigenvalue weighted by molar-refractivity contribution is -0.155. The minimum atomic E-state index is -0.361. The molecule has 0 aliphatic carbocycles. The largest absolute Gasteiger partial charge is 0.495 e. The molecule has 1 spiro atoms. The lowest BCUT2D eigenvalue weighted by atomic mass is 9.89. The van der Waals surface area contributed by atoms with Gasteiger partial charge in [-0.1, -0.05) is 12.1 Å². The van der Waals surface area contributed by atoms with Crippen LogP contribution in [0.3, 0.4) is 0 Å². The highest BCUT2D eigenvalue weighted by Gasteiger charge is 2.43. The standard InChI is InChI=1S/C20H25N3O5/c1-27-16-5-3-2-4-15(16)23-11-14(10-18(23)25)19(26)22-8-6-20(7-9-22)13-21-17(24)12-28-20/h2-5,14H,6-13H2,1H3,(H,21,24). The summed E-state index contributed by atoms with van der Waals surface area (Å²) in [5, 5.41) is 2.85. The quantitative estimate of drug-likeness (QED) is 0.819. The van der Waals surface area contributed by atoms with Gasteiger partial charge in [-0.25, -0.2) is 0 Å². The molecule has 3 aliphatic rings. The molecule has 0 bridgehead atoms. The highest BCUT2D eigenvalue weighted by molar-refractivity contribution is 6.01. The van der Waals surface area contributed by atoms with Crippen LogP contribution in [0.5, 0.6) is 5.75 Å². The monoisotopic (exact) mass is 387 g/mol. The third kappa shape index (κ3) is 3.44. The SMILES string of the molecule is COc1ccccc1N1CC(C(=O)N2CCC3(CC2)CNC(=O)CO3)CC1=O. The molecule has 3 amide bonds. The first-order valence-corrected chi connectivity index (χ1v) is 9.64. The predicted octanol–water partition coefficient (Wildman–Crippen LogP) is 0.556. The summed E-state index contributed by atoms with van der Waals surface area (Å²) in [5.74, 6) is 0.138. The maximum absolute atomic E-state index is 13.0. The van der Waals surface area contributed by atoms with E-state index in [1.807, 2.05) is 29.2 Å². The van der Waals surface area contributed by atoms with E-state index in [1.165, 1.54) is 0 Å². The maximum atomic E-state index is 13.0. The summed E-state index contributed by atoms with van der Waals surface area (Å²) < 4.78 is 11.1. The van der Waals surface area contributed by atoms with Crippen molar-refractivity contribution in [2.24, 2.45) is 5.92 Å². The van der Waals surface area contributed by atoms with Gasteiger partial charge in [0.15, 0.2) is 0 Å². The number of morpholine rings is 1. The van der Waals surface area contributed by atoms with Gasteiger partial charge < -0.3 is 24.6 Å². The average Bonchev–Trinajstić information content (AvgIpc) is 3.12. The number of likely N-dealkylation sites (tertiary alicyclic amines) is 1. The maximum Gasteiger partial charge on any atom is 0.246 e. The second kappa shape index (κ2) is 7.43. The van der Waals surface area contributed by atoms with Crippen LogP contribution < -0.4 is 15.0 Å². The lowest BCUT2D eigenvalue weighted by Gasteiger charge is -2.44. The number of hydrogen-bond donors (Lipinski definition) is 1. The van der Waals surface area contributed by atoms with Gasteiger partial charge in [0, 0.05) is 32.6 Å². The molecule has 8 nitrogen and oxygen atoms in total. The molecule has 0 radical (unpaired) electrons. The van der Waals surface area contributed by atoms with Crippen molar-refractivity contribution in [2.45, 2.75) is 24.9 Å². The molecule has 3 fully saturated rings. The van der Waals surface area contributed by atoms with Crippen LogP contribution in [-0.4, -0.2) is 68.1 Å². The van der Waals surface area contributed by atoms with Gasteiger partial charge in [-0.3, -0.25) is 14.4 Å². The van der Waals surface area contributed by atoms with Crippen LogP contribution in [0.15, 0.2) is 24.3 Å². The Kier molecular flexibility index (Phi) is 4.97. The number of para-hydroxylation sites is 2. The highest BCUT2D eigenvalue weighted by atomic mass is 16.5. The molecule has 3 aliphatic heterocycles. The Morgan fingerprint density at radius 1 is 1.25 bits per heavy atom. The second-order valence-electron chi connectivity index (χ2n) is 7.65. The molecule has 1 aromatic carbocycles. The minimum absolute atomic E-state index is 0.0143. The summed E-state index contributed by atoms with van der Waals surface area (Å²) in [5.41, 5.74) is 0.342. The number of ether oxygens (including phenoxy) is 2. The first-order chi connectivity index (χ1) is 13.5. The summed E-state index contributed by atoms with van der Waals surface area (Å²) in [6, 6.07) is 7.35. The van der Waals surface area contributed by atoms with Gasteiger partial charge in [-0.2, -0.15) is 0 Å². The third-order valence-electron chi connectivity index (χ3n) is 5.95. The van der Waals surface area contributed by atoms with Gasteiger partial charge in [0.2, 0.25) is 17.7 Å². The number of hydrogen-bond acceptors (Lipinski definition) is 5. The second-order valence-corrected chi connectivity index (χ2v) is 7.65. The Bertz CT molecular complexity index is 776. The molecule has 1 N–H and O–H groups in total. The van der Waals surface area contributed by atoms with Crippen LogP contribution in [0.25, 0.3) is 0 Å². The van der Waals surface area contributed by atoms with Crippen molar-refractivity contribution in [1.82, 2.24) is 10.2 Å². The van der Waals surface area contributed by atoms with Crippen LogP contribution >= 0.6 is 0 Å². The Morgan fingerprint density at radius 3 is 2.68 bits per heavy atom. The van der Waals surface area contributed by atoms with Crippen LogP contribution in [-0.2, 0) is 19.1 Å². The van der Waals surface area contributed by atoms with Gasteiger partial charge in [0.25, 0.3) is 0 Å². The molecule has 4 rings (SSSR count). The molecule has 8 heteroatoms. The fourth-order valence-electron chi connectivity index (χ4n) is 4.25. The van der Waals surface area contributed by atoms with Crippen molar-refractivity contribution in [2.75, 3.05) is 44.8 Å². The van der Waals surface area contributed by atoms with Gasteiger partial charge in [-0.15, -0.1) is 0 Å². The smallest absolute Gasteiger partial charge is 0.246 e. The molecule has 150 valence electrons. The van der Waals surface area contributed by atoms with Crippen molar-refractivity contribution in [1.29, 1.82) is 0 Å². The van der Waals surface area contributed by atoms with Gasteiger partial charge in [-0.05, 0) is 25.0 Å². The summed E-state index contributed by atoms with van der Waals surface area (Å²) in [6.45, 7) is 2.10. The highest BCUT2D eigenvalue weighted by Crippen LogP contribution is 2.34. The first-order valence-electron chi connectivity index (χ1n) is 9.64. The number of rotatable bonds is 3. The molecular formula is C20H25N3O5. The summed E-state index contributed by atoms with van der Waals surface area (Å²) in [7, 11) is 1.57. The number of carbonyl (C=O) groups excluding carboxylic acids is 3. The molecular weight excluding hydrogens is 362 g/mol. The Morgan fingerprint density at radius 2 is 2.00 bits per heavy atom. The van der Waals surface area contributed by atoms with E-state index < -0.39 is 0 Å². The number of benzene rings is 1. The predicted molar refractivity (Wildman–Crippen MR) is 101 cm³/mol. The molecule has 28 heavy (non-hydrogen) atoms. The molecule has 0 saturated carbocycles. The van der Waals surface area contributed by atoms with Crippen molar-refractivity contribution in [3.05, 3.63) is 24.3 Å². The van der Waals surface area contributed by atoms with Crippen LogP contribution in [0.1, 0.15) is 19.3 Å². The number of amides is 3. The number of carbonyl (C=O) groups is 3. The summed E-state index contributed by atoms with van der Waals surface area (Å²) >= 11 is 0. The first kappa shape index (κ1) is 18.7. The third-order valence-corrected chi connectivity index (χ3v) is 5.95. The molecule has 3 saturated heterocycles. The minimum Gasteiger partial charge on any atom is -0.495 e. The zero-order valence-electron chi connectivity index (χ0n) is 16.0. The zero-order chi connectivity index (χ0) is 19.7. The Labute approximate surface area is 163 Å². The van der Waals surface area contributed by atoms with Crippen LogP contribution in [0.4, 0.5) is 5.69 Å². The van der Waals surface area contributed by atoms with Gasteiger partial charge in [0.05, 0.1) is 24.3 Å². The number of nitrogens with one attached hydrogen (secondary N) is 1. The van der Waals surface area contributed by atoms with E-state index in [4.69, 9.17) is 9.47 Å². The van der Waals surface area contributed by atoms with Gasteiger partial charge in [0.1, 0.15) is 12.4 Å². The van der Waals surface area contributed by atoms with E-state index in [2.05, 4.69) is 5.32 Å². The van der Waals surface area contributed by atoms with Crippen molar-refractivity contribution in [3.63, 3.8) is 0 Å². The molecule has 3 heterocycles. The number of nitrogens with zero attached hydrogens (tertiary/aromatic N) is 2. The molecule has 1 atom stereocenters. The van der Waals surface area contributed by atoms with Crippen molar-refractivity contribution in [3.8, 4) is 5.75 Å². The Hall–Kier alpha value is -2.61.